The third-order valence-corrected chi connectivity index (χ3v) is 17.8. The van der Waals surface area contributed by atoms with E-state index in [0.717, 1.165) is 16.0 Å². The Bertz CT molecular complexity index is 3070. The van der Waals surface area contributed by atoms with Crippen LogP contribution in [0.4, 0.5) is 15.3 Å². The van der Waals surface area contributed by atoms with Crippen LogP contribution in [0.3, 0.4) is 0 Å². The number of Topliss-reactive ketones (excluding diaryl/α,β-unsaturated/α-hetero) is 2. The minimum absolute atomic E-state index is 0. The van der Waals surface area contributed by atoms with E-state index in [1.165, 1.54) is 70.3 Å². The summed E-state index contributed by atoms with van der Waals surface area (Å²) in [6.07, 6.45) is 2.08. The number of alkyl carbamates (subject to hydrolysis) is 1. The lowest BCUT2D eigenvalue weighted by molar-refractivity contribution is -0.158. The molecule has 2 aromatic rings. The number of epoxide rings is 1. The largest absolute Gasteiger partial charge is 0.496 e. The summed E-state index contributed by atoms with van der Waals surface area (Å²) in [7, 11) is 7.09. The van der Waals surface area contributed by atoms with Gasteiger partial charge in [-0.1, -0.05) is 75.6 Å². The molecule has 26 heteroatoms. The first-order valence-corrected chi connectivity index (χ1v) is 30.6. The molecular weight excluding hydrogens is 1210 g/mol. The summed E-state index contributed by atoms with van der Waals surface area (Å²) < 4.78 is 35.3. The predicted molar refractivity (Wildman–Crippen MR) is 338 cm³/mol. The van der Waals surface area contributed by atoms with Gasteiger partial charge < -0.3 is 59.7 Å². The van der Waals surface area contributed by atoms with Crippen molar-refractivity contribution in [2.75, 3.05) is 53.4 Å². The number of primary amides is 1. The van der Waals surface area contributed by atoms with Crippen LogP contribution < -0.4 is 36.1 Å². The number of halogens is 1. The van der Waals surface area contributed by atoms with Gasteiger partial charge in [0.15, 0.2) is 11.5 Å². The number of nitrogens with one attached hydrogen (secondary N) is 3. The van der Waals surface area contributed by atoms with E-state index in [4.69, 9.17) is 45.8 Å². The molecule has 3 fully saturated rings. The first kappa shape index (κ1) is 73.7. The molecule has 90 heavy (non-hydrogen) atoms. The average molecular weight is 1300 g/mol. The molecule has 4 heterocycles. The van der Waals surface area contributed by atoms with Gasteiger partial charge in [0.25, 0.3) is 5.91 Å². The van der Waals surface area contributed by atoms with E-state index < -0.39 is 108 Å². The molecule has 0 aromatic heterocycles. The fourth-order valence-corrected chi connectivity index (χ4v) is 12.0. The van der Waals surface area contributed by atoms with Crippen molar-refractivity contribution in [3.63, 3.8) is 0 Å². The number of urea groups is 1. The number of nitrogens with zero attached hydrogens (tertiary/aromatic N) is 3. The van der Waals surface area contributed by atoms with Crippen LogP contribution >= 0.6 is 25.1 Å². The molecule has 496 valence electrons. The summed E-state index contributed by atoms with van der Waals surface area (Å²) >= 11 is 6.86. The van der Waals surface area contributed by atoms with Crippen molar-refractivity contribution in [1.82, 2.24) is 25.8 Å². The third-order valence-electron chi connectivity index (χ3n) is 17.4. The van der Waals surface area contributed by atoms with E-state index in [-0.39, 0.29) is 111 Å². The van der Waals surface area contributed by atoms with Crippen LogP contribution in [0.2, 0.25) is 5.02 Å². The quantitative estimate of drug-likeness (QED) is 0.0321. The number of imide groups is 1. The van der Waals surface area contributed by atoms with Crippen LogP contribution in [0.25, 0.3) is 0 Å². The number of unbranched alkanes of at least 4 members (excludes halogenated alkanes) is 2. The second-order valence-electron chi connectivity index (χ2n) is 24.4. The maximum atomic E-state index is 14.6. The van der Waals surface area contributed by atoms with Gasteiger partial charge in [0.05, 0.1) is 44.0 Å². The van der Waals surface area contributed by atoms with Crippen molar-refractivity contribution in [3.8, 4) is 11.5 Å². The second kappa shape index (κ2) is 32.3. The Morgan fingerprint density at radius 2 is 1.66 bits per heavy atom. The van der Waals surface area contributed by atoms with Gasteiger partial charge in [-0.15, -0.1) is 0 Å². The van der Waals surface area contributed by atoms with E-state index in [1.54, 1.807) is 58.9 Å². The van der Waals surface area contributed by atoms with E-state index in [1.807, 2.05) is 13.0 Å². The van der Waals surface area contributed by atoms with Crippen molar-refractivity contribution < 1.29 is 81.5 Å². The highest BCUT2D eigenvalue weighted by Gasteiger charge is 2.64. The third kappa shape index (κ3) is 18.3. The molecule has 2 aromatic carbocycles. The number of nitrogens with two attached hydrogens (primary N) is 1. The number of hydrogen-bond donors (Lipinski definition) is 5. The number of hydrogen-bond acceptors (Lipinski definition) is 17. The van der Waals surface area contributed by atoms with Crippen molar-refractivity contribution >= 4 is 90.0 Å². The number of ketones is 2. The number of ether oxygens (including phenoxy) is 6. The number of carbonyl (C=O) groups is 10. The first-order chi connectivity index (χ1) is 42.0. The monoisotopic (exact) mass is 1300 g/mol. The number of amides is 8. The van der Waals surface area contributed by atoms with E-state index in [9.17, 15) is 53.1 Å². The molecule has 6 rings (SSSR count). The molecule has 11 atom stereocenters. The molecule has 4 aliphatic heterocycles. The maximum Gasteiger partial charge on any atom is 0.409 e. The Morgan fingerprint density at radius 3 is 2.29 bits per heavy atom. The average Bonchev–Trinajstić information content (AvgIpc) is 1.57. The Kier molecular flexibility index (Phi) is 26.4. The first-order valence-electron chi connectivity index (χ1n) is 30.2. The molecule has 4 bridgehead atoms. The smallest absolute Gasteiger partial charge is 0.409 e. The number of methoxy groups -OCH3 is 3. The SMILES string of the molecule is COc1cc(CC(=O)[C@H](CCCNC(N)=O)NC(=O)[C@@H](CC(=O)CCCCCN2C(=O)CC(C)C2=O)C(C)C)ccc1C(=O)N(C)[C@@H](C)C(=O)O[C@H]1CC(=O)N(C)c2cc(cc(OC)c2Cl)C/C(C)=C/C=C/[C@@H](OC)[C@@]2(O)C[C@H](OC(=O)N2)[C@@H](C)[C@@H]2O[C@@]12C.S. The fraction of sp³-hybridized carbons (Fsp3) is 0.594. The number of benzene rings is 2. The molecule has 1 unspecified atom stereocenters. The van der Waals surface area contributed by atoms with Crippen LogP contribution in [-0.2, 0) is 65.4 Å². The van der Waals surface area contributed by atoms with Gasteiger partial charge in [-0.2, -0.15) is 13.5 Å². The zero-order chi connectivity index (χ0) is 65.8. The predicted octanol–water partition coefficient (Wildman–Crippen LogP) is 6.18. The van der Waals surface area contributed by atoms with Gasteiger partial charge in [0, 0.05) is 84.2 Å². The summed E-state index contributed by atoms with van der Waals surface area (Å²) in [4.78, 5) is 138. The van der Waals surface area contributed by atoms with Crippen molar-refractivity contribution in [2.45, 2.75) is 173 Å². The van der Waals surface area contributed by atoms with Crippen molar-refractivity contribution in [2.24, 2.45) is 29.4 Å². The molecule has 24 nitrogen and oxygen atoms in total. The summed E-state index contributed by atoms with van der Waals surface area (Å²) in [5.74, 6) is -5.24. The minimum Gasteiger partial charge on any atom is -0.496 e. The van der Waals surface area contributed by atoms with Crippen molar-refractivity contribution in [3.05, 3.63) is 75.8 Å². The van der Waals surface area contributed by atoms with E-state index in [0.29, 0.717) is 49.2 Å². The number of aliphatic hydroxyl groups is 1. The van der Waals surface area contributed by atoms with Crippen LogP contribution in [0, 0.1) is 23.7 Å². The summed E-state index contributed by atoms with van der Waals surface area (Å²) in [6.45, 7) is 12.5. The number of esters is 1. The van der Waals surface area contributed by atoms with Crippen LogP contribution in [0.5, 0.6) is 11.5 Å². The number of likely N-dealkylation sites (tertiary alicyclic amines) is 1. The van der Waals surface area contributed by atoms with Gasteiger partial charge in [0.2, 0.25) is 23.6 Å². The Labute approximate surface area is 538 Å². The molecule has 6 N–H and O–H groups in total. The Hall–Kier alpha value is -7.06. The number of carbonyl (C=O) groups excluding carboxylic acids is 10. The second-order valence-corrected chi connectivity index (χ2v) is 24.8. The lowest BCUT2D eigenvalue weighted by atomic mass is 9.83. The van der Waals surface area contributed by atoms with Gasteiger partial charge >= 0.3 is 18.1 Å². The summed E-state index contributed by atoms with van der Waals surface area (Å²) in [5, 5.41) is 20.0. The zero-order valence-electron chi connectivity index (χ0n) is 53.6. The number of allylic oxidation sites excluding steroid dienone is 3. The van der Waals surface area contributed by atoms with Gasteiger partial charge in [0.1, 0.15) is 52.3 Å². The molecule has 4 aliphatic rings. The van der Waals surface area contributed by atoms with Crippen LogP contribution in [0.15, 0.2) is 54.1 Å². The van der Waals surface area contributed by atoms with Crippen molar-refractivity contribution in [1.29, 1.82) is 0 Å². The standard InChI is InChI=1S/C64H88ClN7O17.H2S/c1-35(2)44(32-42(73)19-14-13-15-25-72-54(76)27-37(4)58(72)78)57(77)68-45(20-17-24-67-61(66)81)47(74)29-40-22-23-43(48(30-40)84-10)59(79)70(8)39(6)60(80)88-52-33-53(75)71(9)46-28-41(31-49(85-11)55(46)65)26-36(3)18-16-21-51(86-12)64(83)34-50(87-62(82)69-64)38(5)56-63(52,7)89-56;/h16,18,21-23,28,30-31,35,37-39,44-45,50-52,56,83H,13-15,17,19-20,24-27,29,32-34H2,1-12H3,(H,68,77)(H,69,82)(H3,66,67,81);1H2/b21-16+,36-18+;/t37?,38-,39+,44+,45+,50+,51-,52+,56+,63+,64+;/m1./s1. The molecule has 0 spiro atoms. The highest BCUT2D eigenvalue weighted by molar-refractivity contribution is 7.59. The maximum absolute atomic E-state index is 14.6. The number of anilines is 1. The molecule has 0 radical (unpaired) electrons. The molecule has 3 saturated heterocycles. The van der Waals surface area contributed by atoms with Crippen LogP contribution in [-0.4, -0.2) is 170 Å². The minimum atomic E-state index is -1.92. The Morgan fingerprint density at radius 1 is 0.956 bits per heavy atom. The lowest BCUT2D eigenvalue weighted by Gasteiger charge is -2.42. The van der Waals surface area contributed by atoms with E-state index in [2.05, 4.69) is 16.0 Å². The normalized spacial score (nSPS) is 25.4. The molecular formula is C64H90ClN7O17S. The zero-order valence-corrected chi connectivity index (χ0v) is 55.3. The highest BCUT2D eigenvalue weighted by atomic mass is 35.5. The van der Waals surface area contributed by atoms with E-state index >= 15 is 0 Å². The highest BCUT2D eigenvalue weighted by Crippen LogP contribution is 2.49. The molecule has 0 aliphatic carbocycles. The molecule has 8 amide bonds. The molecule has 0 saturated carbocycles. The van der Waals surface area contributed by atoms with Crippen LogP contribution in [0.1, 0.15) is 134 Å². The van der Waals surface area contributed by atoms with Gasteiger partial charge in [-0.3, -0.25) is 43.8 Å². The topological polar surface area (TPSA) is 321 Å². The number of fused-ring (bicyclic) bond motifs is 5. The Balaban J connectivity index is 0.0000147. The lowest BCUT2D eigenvalue weighted by Crippen LogP contribution is -2.63. The fourth-order valence-electron chi connectivity index (χ4n) is 11.7. The van der Waals surface area contributed by atoms with Gasteiger partial charge in [-0.25, -0.2) is 14.4 Å². The number of likely N-dealkylation sites (N-methyl/N-ethyl adjacent to an activating group) is 1. The summed E-state index contributed by atoms with van der Waals surface area (Å²) in [5.41, 5.74) is 4.33. The summed E-state index contributed by atoms with van der Waals surface area (Å²) in [6, 6.07) is 4.85. The number of rotatable bonds is 25. The van der Waals surface area contributed by atoms with Gasteiger partial charge in [-0.05, 0) is 94.2 Å².